The number of carbonyl (C=O) groups excluding carboxylic acids is 1. The summed E-state index contributed by atoms with van der Waals surface area (Å²) in [6.45, 7) is 0. The van der Waals surface area contributed by atoms with Crippen LogP contribution in [0.4, 0.5) is 0 Å². The van der Waals surface area contributed by atoms with Crippen LogP contribution < -0.4 is 19.6 Å². The van der Waals surface area contributed by atoms with Crippen LogP contribution in [0.25, 0.3) is 0 Å². The summed E-state index contributed by atoms with van der Waals surface area (Å²) in [5.74, 6) is 0.821. The second kappa shape index (κ2) is 10.1. The van der Waals surface area contributed by atoms with Crippen molar-refractivity contribution < 1.29 is 19.0 Å². The molecule has 0 radical (unpaired) electrons. The maximum Gasteiger partial charge on any atom is 0.252 e. The first-order valence-electron chi connectivity index (χ1n) is 9.40. The van der Waals surface area contributed by atoms with Gasteiger partial charge in [0.2, 0.25) is 5.75 Å². The van der Waals surface area contributed by atoms with Gasteiger partial charge in [0.25, 0.3) is 5.91 Å². The summed E-state index contributed by atoms with van der Waals surface area (Å²) in [6.07, 6.45) is 1.54. The van der Waals surface area contributed by atoms with E-state index in [4.69, 9.17) is 14.2 Å². The Hall–Kier alpha value is -3.80. The first kappa shape index (κ1) is 20.9. The minimum atomic E-state index is -0.468. The summed E-state index contributed by atoms with van der Waals surface area (Å²) < 4.78 is 16.0. The van der Waals surface area contributed by atoms with Crippen LogP contribution in [0.15, 0.2) is 77.9 Å². The molecule has 0 fully saturated rings. The third-order valence-electron chi connectivity index (χ3n) is 4.60. The Bertz CT molecular complexity index is 940. The van der Waals surface area contributed by atoms with E-state index in [1.54, 1.807) is 33.5 Å². The SMILES string of the molecule is COc1cc(/C=N\NC(=O)C(c2ccccc2)c2ccccc2)cc(OC)c1OC. The second-order valence-electron chi connectivity index (χ2n) is 6.45. The van der Waals surface area contributed by atoms with Gasteiger partial charge in [-0.1, -0.05) is 60.7 Å². The van der Waals surface area contributed by atoms with E-state index >= 15 is 0 Å². The van der Waals surface area contributed by atoms with Crippen LogP contribution in [-0.4, -0.2) is 33.5 Å². The number of hydrazone groups is 1. The maximum absolute atomic E-state index is 13.0. The molecule has 0 bridgehead atoms. The highest BCUT2D eigenvalue weighted by Crippen LogP contribution is 2.37. The van der Waals surface area contributed by atoms with E-state index in [0.29, 0.717) is 22.8 Å². The number of hydrogen-bond acceptors (Lipinski definition) is 5. The van der Waals surface area contributed by atoms with Crippen LogP contribution >= 0.6 is 0 Å². The van der Waals surface area contributed by atoms with Crippen LogP contribution in [0.3, 0.4) is 0 Å². The molecule has 0 aliphatic rings. The number of hydrogen-bond donors (Lipinski definition) is 1. The lowest BCUT2D eigenvalue weighted by molar-refractivity contribution is -0.121. The number of carbonyl (C=O) groups is 1. The van der Waals surface area contributed by atoms with E-state index in [9.17, 15) is 4.79 Å². The molecule has 0 aliphatic carbocycles. The van der Waals surface area contributed by atoms with Crippen LogP contribution in [0, 0.1) is 0 Å². The lowest BCUT2D eigenvalue weighted by atomic mass is 9.91. The van der Waals surface area contributed by atoms with E-state index < -0.39 is 5.92 Å². The number of amides is 1. The zero-order valence-electron chi connectivity index (χ0n) is 17.2. The van der Waals surface area contributed by atoms with Gasteiger partial charge in [-0.15, -0.1) is 0 Å². The van der Waals surface area contributed by atoms with Crippen molar-refractivity contribution in [2.24, 2.45) is 5.10 Å². The summed E-state index contributed by atoms with van der Waals surface area (Å²) in [4.78, 5) is 13.0. The molecule has 1 amide bonds. The number of benzene rings is 3. The highest BCUT2D eigenvalue weighted by atomic mass is 16.5. The summed E-state index contributed by atoms with van der Waals surface area (Å²) in [7, 11) is 4.64. The number of ether oxygens (including phenoxy) is 3. The van der Waals surface area contributed by atoms with Crippen molar-refractivity contribution in [3.05, 3.63) is 89.5 Å². The summed E-state index contributed by atoms with van der Waals surface area (Å²) in [5.41, 5.74) is 5.13. The van der Waals surface area contributed by atoms with Crippen molar-refractivity contribution in [2.45, 2.75) is 5.92 Å². The molecule has 0 saturated heterocycles. The quantitative estimate of drug-likeness (QED) is 0.455. The Kier molecular flexibility index (Phi) is 7.05. The highest BCUT2D eigenvalue weighted by Gasteiger charge is 2.22. The topological polar surface area (TPSA) is 69.2 Å². The number of nitrogens with one attached hydrogen (secondary N) is 1. The third-order valence-corrected chi connectivity index (χ3v) is 4.60. The lowest BCUT2D eigenvalue weighted by Gasteiger charge is -2.16. The first-order valence-corrected chi connectivity index (χ1v) is 9.40. The predicted molar refractivity (Wildman–Crippen MR) is 117 cm³/mol. The minimum Gasteiger partial charge on any atom is -0.493 e. The van der Waals surface area contributed by atoms with Crippen molar-refractivity contribution in [3.63, 3.8) is 0 Å². The van der Waals surface area contributed by atoms with Gasteiger partial charge in [0.15, 0.2) is 11.5 Å². The molecule has 1 N–H and O–H groups in total. The van der Waals surface area contributed by atoms with Crippen LogP contribution in [0.5, 0.6) is 17.2 Å². The second-order valence-corrected chi connectivity index (χ2v) is 6.45. The summed E-state index contributed by atoms with van der Waals surface area (Å²) in [6, 6.07) is 22.7. The van der Waals surface area contributed by atoms with Gasteiger partial charge in [0.05, 0.1) is 33.5 Å². The Morgan fingerprint density at radius 2 is 1.33 bits per heavy atom. The van der Waals surface area contributed by atoms with Crippen LogP contribution in [0.2, 0.25) is 0 Å². The molecular formula is C24H24N2O4. The predicted octanol–water partition coefficient (Wildman–Crippen LogP) is 3.99. The fourth-order valence-corrected chi connectivity index (χ4v) is 3.20. The van der Waals surface area contributed by atoms with Gasteiger partial charge in [0.1, 0.15) is 0 Å². The molecule has 0 spiro atoms. The van der Waals surface area contributed by atoms with E-state index in [1.165, 1.54) is 6.21 Å². The van der Waals surface area contributed by atoms with E-state index in [2.05, 4.69) is 10.5 Å². The monoisotopic (exact) mass is 404 g/mol. The zero-order valence-corrected chi connectivity index (χ0v) is 17.2. The lowest BCUT2D eigenvalue weighted by Crippen LogP contribution is -2.26. The Labute approximate surface area is 176 Å². The van der Waals surface area contributed by atoms with E-state index in [1.807, 2.05) is 60.7 Å². The van der Waals surface area contributed by atoms with Crippen molar-refractivity contribution in [1.82, 2.24) is 5.43 Å². The number of nitrogens with zero attached hydrogens (tertiary/aromatic N) is 1. The van der Waals surface area contributed by atoms with Crippen molar-refractivity contribution in [3.8, 4) is 17.2 Å². The van der Waals surface area contributed by atoms with Crippen molar-refractivity contribution in [2.75, 3.05) is 21.3 Å². The van der Waals surface area contributed by atoms with Crippen LogP contribution in [-0.2, 0) is 4.79 Å². The molecule has 0 aliphatic heterocycles. The molecule has 0 saturated carbocycles. The van der Waals surface area contributed by atoms with Gasteiger partial charge in [-0.2, -0.15) is 5.10 Å². The minimum absolute atomic E-state index is 0.226. The van der Waals surface area contributed by atoms with Gasteiger partial charge in [-0.3, -0.25) is 4.79 Å². The molecule has 3 aromatic rings. The standard InChI is InChI=1S/C24H24N2O4/c1-28-20-14-17(15-21(29-2)23(20)30-3)16-25-26-24(27)22(18-10-6-4-7-11-18)19-12-8-5-9-13-19/h4-16,22H,1-3H3,(H,26,27)/b25-16-. The average molecular weight is 404 g/mol. The molecule has 0 unspecified atom stereocenters. The molecule has 0 aromatic heterocycles. The maximum atomic E-state index is 13.0. The van der Waals surface area contributed by atoms with Gasteiger partial charge < -0.3 is 14.2 Å². The van der Waals surface area contributed by atoms with E-state index in [0.717, 1.165) is 11.1 Å². The summed E-state index contributed by atoms with van der Waals surface area (Å²) >= 11 is 0. The van der Waals surface area contributed by atoms with Gasteiger partial charge in [0, 0.05) is 5.56 Å². The van der Waals surface area contributed by atoms with Crippen molar-refractivity contribution in [1.29, 1.82) is 0 Å². The molecule has 6 nitrogen and oxygen atoms in total. The molecular weight excluding hydrogens is 380 g/mol. The highest BCUT2D eigenvalue weighted by molar-refractivity contribution is 5.89. The van der Waals surface area contributed by atoms with Gasteiger partial charge in [-0.05, 0) is 23.3 Å². The average Bonchev–Trinajstić information content (AvgIpc) is 2.80. The molecule has 3 aromatic carbocycles. The Morgan fingerprint density at radius 1 is 0.833 bits per heavy atom. The zero-order chi connectivity index (χ0) is 21.3. The number of rotatable bonds is 8. The molecule has 6 heteroatoms. The largest absolute Gasteiger partial charge is 0.493 e. The fourth-order valence-electron chi connectivity index (χ4n) is 3.20. The van der Waals surface area contributed by atoms with Gasteiger partial charge >= 0.3 is 0 Å². The Morgan fingerprint density at radius 3 is 1.77 bits per heavy atom. The third kappa shape index (κ3) is 4.78. The molecule has 0 heterocycles. The normalized spacial score (nSPS) is 10.8. The smallest absolute Gasteiger partial charge is 0.252 e. The fraction of sp³-hybridized carbons (Fsp3) is 0.167. The molecule has 154 valence electrons. The summed E-state index contributed by atoms with van der Waals surface area (Å²) in [5, 5.41) is 4.14. The van der Waals surface area contributed by atoms with Gasteiger partial charge in [-0.25, -0.2) is 5.43 Å². The molecule has 30 heavy (non-hydrogen) atoms. The Balaban J connectivity index is 1.83. The number of methoxy groups -OCH3 is 3. The van der Waals surface area contributed by atoms with Crippen LogP contribution in [0.1, 0.15) is 22.6 Å². The first-order chi connectivity index (χ1) is 14.7. The van der Waals surface area contributed by atoms with E-state index in [-0.39, 0.29) is 5.91 Å². The van der Waals surface area contributed by atoms with Crippen molar-refractivity contribution >= 4 is 12.1 Å². The molecule has 0 atom stereocenters. The molecule has 3 rings (SSSR count).